The van der Waals surface area contributed by atoms with Gasteiger partial charge < -0.3 is 15.1 Å². The van der Waals surface area contributed by atoms with Gasteiger partial charge in [-0.3, -0.25) is 4.79 Å². The highest BCUT2D eigenvalue weighted by molar-refractivity contribution is 6.32. The van der Waals surface area contributed by atoms with Gasteiger partial charge in [-0.05, 0) is 31.5 Å². The molecule has 2 fully saturated rings. The van der Waals surface area contributed by atoms with E-state index in [0.717, 1.165) is 51.4 Å². The quantitative estimate of drug-likeness (QED) is 0.888. The second-order valence-electron chi connectivity index (χ2n) is 5.27. The molecule has 5 nitrogen and oxygen atoms in total. The number of pyridine rings is 1. The summed E-state index contributed by atoms with van der Waals surface area (Å²) in [5.74, 6) is 1.06. The highest BCUT2D eigenvalue weighted by Gasteiger charge is 2.29. The summed E-state index contributed by atoms with van der Waals surface area (Å²) in [5, 5.41) is 3.94. The first-order valence-corrected chi connectivity index (χ1v) is 7.51. The summed E-state index contributed by atoms with van der Waals surface area (Å²) in [6.07, 6.45) is 3.81. The van der Waals surface area contributed by atoms with Crippen molar-refractivity contribution in [2.75, 3.05) is 37.6 Å². The van der Waals surface area contributed by atoms with Crippen molar-refractivity contribution in [3.05, 3.63) is 23.4 Å². The fourth-order valence-electron chi connectivity index (χ4n) is 2.86. The predicted molar refractivity (Wildman–Crippen MR) is 79.1 cm³/mol. The van der Waals surface area contributed by atoms with E-state index < -0.39 is 0 Å². The van der Waals surface area contributed by atoms with E-state index >= 15 is 0 Å². The molecule has 108 valence electrons. The molecule has 3 heterocycles. The van der Waals surface area contributed by atoms with Crippen LogP contribution in [0.5, 0.6) is 0 Å². The fourth-order valence-corrected chi connectivity index (χ4v) is 3.11. The zero-order valence-electron chi connectivity index (χ0n) is 11.4. The monoisotopic (exact) mass is 294 g/mol. The smallest absolute Gasteiger partial charge is 0.239 e. The maximum Gasteiger partial charge on any atom is 0.239 e. The number of piperazine rings is 1. The first-order valence-electron chi connectivity index (χ1n) is 7.13. The molecule has 1 amide bonds. The first kappa shape index (κ1) is 13.6. The normalized spacial score (nSPS) is 23.1. The molecule has 0 saturated carbocycles. The molecular weight excluding hydrogens is 276 g/mol. The lowest BCUT2D eigenvalue weighted by molar-refractivity contribution is -0.133. The van der Waals surface area contributed by atoms with Gasteiger partial charge in [0, 0.05) is 32.4 Å². The SMILES string of the molecule is O=C([C@H]1CCCN1)N1CCN(c2ncccc2Cl)CC1. The number of carbonyl (C=O) groups is 1. The van der Waals surface area contributed by atoms with E-state index in [1.165, 1.54) is 0 Å². The van der Waals surface area contributed by atoms with Crippen molar-refractivity contribution >= 4 is 23.3 Å². The van der Waals surface area contributed by atoms with Crippen LogP contribution >= 0.6 is 11.6 Å². The lowest BCUT2D eigenvalue weighted by Gasteiger charge is -2.36. The van der Waals surface area contributed by atoms with Crippen molar-refractivity contribution in [3.8, 4) is 0 Å². The molecule has 0 bridgehead atoms. The van der Waals surface area contributed by atoms with Crippen molar-refractivity contribution < 1.29 is 4.79 Å². The van der Waals surface area contributed by atoms with Gasteiger partial charge in [0.05, 0.1) is 11.1 Å². The molecule has 0 spiro atoms. The van der Waals surface area contributed by atoms with Gasteiger partial charge in [0.2, 0.25) is 5.91 Å². The van der Waals surface area contributed by atoms with Gasteiger partial charge in [0.25, 0.3) is 0 Å². The summed E-state index contributed by atoms with van der Waals surface area (Å²) in [6.45, 7) is 4.01. The third-order valence-corrected chi connectivity index (χ3v) is 4.28. The summed E-state index contributed by atoms with van der Waals surface area (Å²) < 4.78 is 0. The van der Waals surface area contributed by atoms with Crippen molar-refractivity contribution in [3.63, 3.8) is 0 Å². The Labute approximate surface area is 123 Å². The Morgan fingerprint density at radius 2 is 2.15 bits per heavy atom. The standard InChI is InChI=1S/C14H19ClN4O/c15-11-3-1-6-17-13(11)18-7-9-19(10-8-18)14(20)12-4-2-5-16-12/h1,3,6,12,16H,2,4-5,7-10H2/t12-/m1/s1. The zero-order chi connectivity index (χ0) is 13.9. The van der Waals surface area contributed by atoms with Crippen LogP contribution in [0.25, 0.3) is 0 Å². The molecule has 0 radical (unpaired) electrons. The number of nitrogens with one attached hydrogen (secondary N) is 1. The molecule has 2 saturated heterocycles. The minimum Gasteiger partial charge on any atom is -0.352 e. The Bertz CT molecular complexity index is 482. The molecule has 0 aromatic carbocycles. The maximum absolute atomic E-state index is 12.3. The van der Waals surface area contributed by atoms with E-state index in [-0.39, 0.29) is 11.9 Å². The Kier molecular flexibility index (Phi) is 4.08. The summed E-state index contributed by atoms with van der Waals surface area (Å²) in [7, 11) is 0. The topological polar surface area (TPSA) is 48.5 Å². The van der Waals surface area contributed by atoms with E-state index in [0.29, 0.717) is 5.02 Å². The maximum atomic E-state index is 12.3. The third-order valence-electron chi connectivity index (χ3n) is 3.99. The van der Waals surface area contributed by atoms with Gasteiger partial charge in [0.15, 0.2) is 0 Å². The minimum atomic E-state index is 0.0278. The van der Waals surface area contributed by atoms with Crippen LogP contribution in [-0.2, 0) is 4.79 Å². The first-order chi connectivity index (χ1) is 9.75. The number of nitrogens with zero attached hydrogens (tertiary/aromatic N) is 3. The van der Waals surface area contributed by atoms with Crippen LogP contribution in [0.1, 0.15) is 12.8 Å². The third kappa shape index (κ3) is 2.74. The minimum absolute atomic E-state index is 0.0278. The van der Waals surface area contributed by atoms with Gasteiger partial charge in [-0.15, -0.1) is 0 Å². The van der Waals surface area contributed by atoms with Crippen LogP contribution in [0, 0.1) is 0 Å². The van der Waals surface area contributed by atoms with Gasteiger partial charge >= 0.3 is 0 Å². The molecule has 0 unspecified atom stereocenters. The van der Waals surface area contributed by atoms with Gasteiger partial charge in [-0.2, -0.15) is 0 Å². The molecule has 0 aliphatic carbocycles. The predicted octanol–water partition coefficient (Wildman–Crippen LogP) is 1.14. The highest BCUT2D eigenvalue weighted by Crippen LogP contribution is 2.23. The molecule has 1 atom stereocenters. The van der Waals surface area contributed by atoms with E-state index in [2.05, 4.69) is 15.2 Å². The molecule has 1 aromatic heterocycles. The molecular formula is C14H19ClN4O. The Morgan fingerprint density at radius 1 is 1.35 bits per heavy atom. The second kappa shape index (κ2) is 5.97. The van der Waals surface area contributed by atoms with E-state index in [4.69, 9.17) is 11.6 Å². The number of rotatable bonds is 2. The van der Waals surface area contributed by atoms with Crippen molar-refractivity contribution in [2.45, 2.75) is 18.9 Å². The summed E-state index contributed by atoms with van der Waals surface area (Å²) >= 11 is 6.17. The van der Waals surface area contributed by atoms with E-state index in [1.807, 2.05) is 17.0 Å². The van der Waals surface area contributed by atoms with E-state index in [9.17, 15) is 4.79 Å². The number of hydrogen-bond acceptors (Lipinski definition) is 4. The Hall–Kier alpha value is -1.33. The van der Waals surface area contributed by atoms with Crippen molar-refractivity contribution in [1.82, 2.24) is 15.2 Å². The number of halogens is 1. The van der Waals surface area contributed by atoms with Crippen LogP contribution in [0.4, 0.5) is 5.82 Å². The average molecular weight is 295 g/mol. The molecule has 2 aliphatic rings. The molecule has 2 aliphatic heterocycles. The molecule has 1 aromatic rings. The molecule has 3 rings (SSSR count). The van der Waals surface area contributed by atoms with Crippen molar-refractivity contribution in [2.24, 2.45) is 0 Å². The van der Waals surface area contributed by atoms with Crippen LogP contribution in [0.3, 0.4) is 0 Å². The van der Waals surface area contributed by atoms with Crippen LogP contribution in [0.15, 0.2) is 18.3 Å². The number of aromatic nitrogens is 1. The van der Waals surface area contributed by atoms with Crippen LogP contribution in [0.2, 0.25) is 5.02 Å². The fraction of sp³-hybridized carbons (Fsp3) is 0.571. The van der Waals surface area contributed by atoms with Gasteiger partial charge in [-0.1, -0.05) is 11.6 Å². The molecule has 20 heavy (non-hydrogen) atoms. The lowest BCUT2D eigenvalue weighted by Crippen LogP contribution is -2.53. The second-order valence-corrected chi connectivity index (χ2v) is 5.68. The Morgan fingerprint density at radius 3 is 2.80 bits per heavy atom. The largest absolute Gasteiger partial charge is 0.352 e. The van der Waals surface area contributed by atoms with Crippen LogP contribution < -0.4 is 10.2 Å². The summed E-state index contributed by atoms with van der Waals surface area (Å²) in [5.41, 5.74) is 0. The molecule has 6 heteroatoms. The Balaban J connectivity index is 1.59. The number of anilines is 1. The summed E-state index contributed by atoms with van der Waals surface area (Å²) in [4.78, 5) is 20.7. The van der Waals surface area contributed by atoms with Crippen molar-refractivity contribution in [1.29, 1.82) is 0 Å². The van der Waals surface area contributed by atoms with Gasteiger partial charge in [-0.25, -0.2) is 4.98 Å². The number of hydrogen-bond donors (Lipinski definition) is 1. The molecule has 1 N–H and O–H groups in total. The number of amides is 1. The van der Waals surface area contributed by atoms with E-state index in [1.54, 1.807) is 6.20 Å². The zero-order valence-corrected chi connectivity index (χ0v) is 12.1. The number of carbonyl (C=O) groups excluding carboxylic acids is 1. The average Bonchev–Trinajstić information content (AvgIpc) is 3.01. The highest BCUT2D eigenvalue weighted by atomic mass is 35.5. The van der Waals surface area contributed by atoms with Crippen LogP contribution in [-0.4, -0.2) is 54.6 Å². The van der Waals surface area contributed by atoms with Gasteiger partial charge in [0.1, 0.15) is 5.82 Å². The lowest BCUT2D eigenvalue weighted by atomic mass is 10.2. The summed E-state index contributed by atoms with van der Waals surface area (Å²) in [6, 6.07) is 3.71.